The molecule has 0 spiro atoms. The summed E-state index contributed by atoms with van der Waals surface area (Å²) in [6, 6.07) is 13.2. The number of aromatic nitrogens is 2. The Morgan fingerprint density at radius 3 is 2.83 bits per heavy atom. The molecule has 1 radical (unpaired) electrons. The maximum Gasteiger partial charge on any atom is 0.153 e. The zero-order valence-corrected chi connectivity index (χ0v) is 14.6. The first-order chi connectivity index (χ1) is 11.8. The van der Waals surface area contributed by atoms with E-state index in [2.05, 4.69) is 64.1 Å². The van der Waals surface area contributed by atoms with Gasteiger partial charge in [-0.1, -0.05) is 36.6 Å². The number of anilines is 1. The highest BCUT2D eigenvalue weighted by molar-refractivity contribution is 7.13. The topological polar surface area (TPSA) is 37.8 Å². The highest BCUT2D eigenvalue weighted by Crippen LogP contribution is 2.35. The average molecular weight is 334 g/mol. The van der Waals surface area contributed by atoms with Crippen LogP contribution >= 0.6 is 11.3 Å². The molecule has 1 saturated carbocycles. The number of benzene rings is 1. The van der Waals surface area contributed by atoms with Crippen LogP contribution < -0.4 is 5.32 Å². The smallest absolute Gasteiger partial charge is 0.153 e. The molecule has 4 heteroatoms. The van der Waals surface area contributed by atoms with Crippen LogP contribution in [0.3, 0.4) is 0 Å². The molecule has 1 N–H and O–H groups in total. The summed E-state index contributed by atoms with van der Waals surface area (Å²) < 4.78 is 0. The van der Waals surface area contributed by atoms with Gasteiger partial charge in [0.05, 0.1) is 10.6 Å². The largest absolute Gasteiger partial charge is 0.367 e. The van der Waals surface area contributed by atoms with E-state index in [9.17, 15) is 0 Å². The van der Waals surface area contributed by atoms with Crippen LogP contribution in [0.25, 0.3) is 21.7 Å². The van der Waals surface area contributed by atoms with E-state index in [0.29, 0.717) is 6.04 Å². The average Bonchev–Trinajstić information content (AvgIpc) is 3.26. The Balaban J connectivity index is 1.66. The third kappa shape index (κ3) is 3.20. The minimum Gasteiger partial charge on any atom is -0.367 e. The van der Waals surface area contributed by atoms with Crippen molar-refractivity contribution in [2.75, 3.05) is 5.32 Å². The molecule has 2 aromatic heterocycles. The fraction of sp³-hybridized carbons (Fsp3) is 0.300. The molecule has 0 bridgehead atoms. The normalized spacial score (nSPS) is 14.9. The van der Waals surface area contributed by atoms with E-state index in [1.165, 1.54) is 31.2 Å². The van der Waals surface area contributed by atoms with Crippen molar-refractivity contribution in [2.45, 2.75) is 38.6 Å². The molecule has 0 unspecified atom stereocenters. The van der Waals surface area contributed by atoms with Crippen molar-refractivity contribution in [1.82, 2.24) is 9.97 Å². The number of thiazole rings is 1. The minimum absolute atomic E-state index is 0.567. The molecule has 0 amide bonds. The predicted molar refractivity (Wildman–Crippen MR) is 100 cm³/mol. The van der Waals surface area contributed by atoms with Gasteiger partial charge in [-0.3, -0.25) is 0 Å². The first-order valence-electron chi connectivity index (χ1n) is 8.46. The molecule has 0 aliphatic heterocycles. The second-order valence-corrected chi connectivity index (χ2v) is 7.20. The van der Waals surface area contributed by atoms with Crippen LogP contribution in [-0.2, 0) is 0 Å². The molecule has 1 fully saturated rings. The van der Waals surface area contributed by atoms with Gasteiger partial charge < -0.3 is 5.32 Å². The zero-order chi connectivity index (χ0) is 16.4. The summed E-state index contributed by atoms with van der Waals surface area (Å²) in [5.74, 6) is 0.961. The van der Waals surface area contributed by atoms with Crippen LogP contribution in [0.4, 0.5) is 5.82 Å². The fourth-order valence-electron chi connectivity index (χ4n) is 3.33. The number of nitrogens with one attached hydrogen (secondary N) is 1. The molecule has 121 valence electrons. The van der Waals surface area contributed by atoms with Crippen molar-refractivity contribution in [2.24, 2.45) is 0 Å². The Hall–Kier alpha value is -2.20. The van der Waals surface area contributed by atoms with Crippen molar-refractivity contribution in [3.63, 3.8) is 0 Å². The molecule has 0 atom stereocenters. The zero-order valence-electron chi connectivity index (χ0n) is 13.7. The van der Waals surface area contributed by atoms with Gasteiger partial charge >= 0.3 is 0 Å². The van der Waals surface area contributed by atoms with Gasteiger partial charge in [0.15, 0.2) is 5.51 Å². The van der Waals surface area contributed by atoms with Crippen molar-refractivity contribution >= 4 is 17.2 Å². The van der Waals surface area contributed by atoms with E-state index >= 15 is 0 Å². The third-order valence-corrected chi connectivity index (χ3v) is 5.36. The summed E-state index contributed by atoms with van der Waals surface area (Å²) in [7, 11) is 0. The van der Waals surface area contributed by atoms with Crippen LogP contribution in [0, 0.1) is 12.4 Å². The van der Waals surface area contributed by atoms with Gasteiger partial charge in [-0.25, -0.2) is 9.97 Å². The van der Waals surface area contributed by atoms with E-state index in [0.717, 1.165) is 27.5 Å². The van der Waals surface area contributed by atoms with Gasteiger partial charge in [0, 0.05) is 17.8 Å². The van der Waals surface area contributed by atoms with Crippen LogP contribution in [0.1, 0.15) is 31.2 Å². The summed E-state index contributed by atoms with van der Waals surface area (Å²) in [4.78, 5) is 10.1. The summed E-state index contributed by atoms with van der Waals surface area (Å²) in [5.41, 5.74) is 7.60. The monoisotopic (exact) mass is 334 g/mol. The Kier molecular flexibility index (Phi) is 4.30. The molecule has 3 nitrogen and oxygen atoms in total. The Bertz CT molecular complexity index is 834. The van der Waals surface area contributed by atoms with Gasteiger partial charge in [-0.05, 0) is 43.5 Å². The Labute approximate surface area is 146 Å². The maximum absolute atomic E-state index is 4.49. The molecule has 1 aliphatic rings. The second-order valence-electron chi connectivity index (χ2n) is 6.41. The highest BCUT2D eigenvalue weighted by Gasteiger charge is 2.16. The number of hydrogen-bond donors (Lipinski definition) is 1. The SMILES string of the molecule is Cc1cccc(-c2n[c]sc2-c2ccnc(NC3CCCC3)c2)c1. The van der Waals surface area contributed by atoms with E-state index in [-0.39, 0.29) is 0 Å². The highest BCUT2D eigenvalue weighted by atomic mass is 32.1. The van der Waals surface area contributed by atoms with Gasteiger partial charge in [0.2, 0.25) is 0 Å². The van der Waals surface area contributed by atoms with E-state index in [1.807, 2.05) is 6.20 Å². The second kappa shape index (κ2) is 6.73. The molecule has 2 heterocycles. The van der Waals surface area contributed by atoms with E-state index in [4.69, 9.17) is 0 Å². The van der Waals surface area contributed by atoms with Crippen LogP contribution in [-0.4, -0.2) is 16.0 Å². The Morgan fingerprint density at radius 2 is 2.00 bits per heavy atom. The fourth-order valence-corrected chi connectivity index (χ4v) is 4.06. The molecule has 4 rings (SSSR count). The first-order valence-corrected chi connectivity index (χ1v) is 9.28. The molecule has 0 saturated heterocycles. The molecule has 3 aromatic rings. The molecule has 1 aliphatic carbocycles. The third-order valence-electron chi connectivity index (χ3n) is 4.54. The van der Waals surface area contributed by atoms with Gasteiger partial charge in [0.25, 0.3) is 0 Å². The maximum atomic E-state index is 4.49. The predicted octanol–water partition coefficient (Wildman–Crippen LogP) is 5.34. The lowest BCUT2D eigenvalue weighted by atomic mass is 10.1. The van der Waals surface area contributed by atoms with Gasteiger partial charge in [-0.15, -0.1) is 11.3 Å². The summed E-state index contributed by atoms with van der Waals surface area (Å²) in [6.07, 6.45) is 7.01. The number of nitrogens with zero attached hydrogens (tertiary/aromatic N) is 2. The van der Waals surface area contributed by atoms with Gasteiger partial charge in [0.1, 0.15) is 5.82 Å². The van der Waals surface area contributed by atoms with Crippen molar-refractivity contribution in [3.8, 4) is 21.7 Å². The number of pyridine rings is 1. The number of hydrogen-bond acceptors (Lipinski definition) is 4. The first kappa shape index (κ1) is 15.3. The van der Waals surface area contributed by atoms with Crippen molar-refractivity contribution < 1.29 is 0 Å². The lowest BCUT2D eigenvalue weighted by Gasteiger charge is -2.13. The summed E-state index contributed by atoms with van der Waals surface area (Å²) in [5, 5.41) is 3.57. The van der Waals surface area contributed by atoms with Crippen LogP contribution in [0.15, 0.2) is 42.6 Å². The lowest BCUT2D eigenvalue weighted by Crippen LogP contribution is -2.15. The quantitative estimate of drug-likeness (QED) is 0.700. The lowest BCUT2D eigenvalue weighted by molar-refractivity contribution is 0.750. The molecular weight excluding hydrogens is 314 g/mol. The number of rotatable bonds is 4. The van der Waals surface area contributed by atoms with E-state index < -0.39 is 0 Å². The Morgan fingerprint density at radius 1 is 1.12 bits per heavy atom. The van der Waals surface area contributed by atoms with Crippen LogP contribution in [0.5, 0.6) is 0 Å². The number of aryl methyl sites for hydroxylation is 1. The minimum atomic E-state index is 0.567. The van der Waals surface area contributed by atoms with Gasteiger partial charge in [-0.2, -0.15) is 0 Å². The molecular formula is C20H20N3S. The van der Waals surface area contributed by atoms with Crippen molar-refractivity contribution in [1.29, 1.82) is 0 Å². The molecule has 24 heavy (non-hydrogen) atoms. The summed E-state index contributed by atoms with van der Waals surface area (Å²) >= 11 is 1.56. The standard InChI is InChI=1S/C20H20N3S/c1-14-5-4-6-15(11-14)19-20(24-13-22-19)16-9-10-21-18(12-16)23-17-7-2-3-8-17/h4-6,9-12,17H,2-3,7-8H2,1H3,(H,21,23). The van der Waals surface area contributed by atoms with Crippen LogP contribution in [0.2, 0.25) is 0 Å². The summed E-state index contributed by atoms with van der Waals surface area (Å²) in [6.45, 7) is 2.11. The molecule has 1 aromatic carbocycles. The van der Waals surface area contributed by atoms with Crippen molar-refractivity contribution in [3.05, 3.63) is 53.7 Å². The van der Waals surface area contributed by atoms with E-state index in [1.54, 1.807) is 11.3 Å².